The summed E-state index contributed by atoms with van der Waals surface area (Å²) in [6.45, 7) is 18.3. The first-order chi connectivity index (χ1) is 21.0. The van der Waals surface area contributed by atoms with E-state index in [2.05, 4.69) is 163 Å². The third-order valence-corrected chi connectivity index (χ3v) is 9.00. The van der Waals surface area contributed by atoms with Gasteiger partial charge in [0.1, 0.15) is 0 Å². The fourth-order valence-corrected chi connectivity index (χ4v) is 6.87. The van der Waals surface area contributed by atoms with Crippen LogP contribution < -0.4 is 0 Å². The van der Waals surface area contributed by atoms with Gasteiger partial charge in [-0.25, -0.2) is 0 Å². The maximum atomic E-state index is 4.20. The molecule has 0 heterocycles. The molecule has 0 saturated heterocycles. The quantitative estimate of drug-likeness (QED) is 0.157. The first-order valence-corrected chi connectivity index (χ1v) is 17.2. The van der Waals surface area contributed by atoms with Crippen molar-refractivity contribution in [3.05, 3.63) is 149 Å². The number of hydrogen-bond acceptors (Lipinski definition) is 2. The number of fused-ring (bicyclic) bond motifs is 1. The van der Waals surface area contributed by atoms with Gasteiger partial charge < -0.3 is 0 Å². The predicted octanol–water partition coefficient (Wildman–Crippen LogP) is 11.1. The molecule has 1 aliphatic carbocycles. The van der Waals surface area contributed by atoms with E-state index in [-0.39, 0.29) is 0 Å². The van der Waals surface area contributed by atoms with Gasteiger partial charge in [0.2, 0.25) is 0 Å². The van der Waals surface area contributed by atoms with E-state index in [9.17, 15) is 0 Å². The van der Waals surface area contributed by atoms with Gasteiger partial charge in [-0.15, -0.1) is 0 Å². The minimum absolute atomic E-state index is 0.438. The molecule has 0 aliphatic heterocycles. The van der Waals surface area contributed by atoms with E-state index in [1.807, 2.05) is 11.8 Å². The molecule has 5 rings (SSSR count). The molecule has 4 aromatic rings. The summed E-state index contributed by atoms with van der Waals surface area (Å²) < 4.78 is 0. The molecule has 1 aliphatic rings. The molecular weight excluding hydrogens is 551 g/mol. The van der Waals surface area contributed by atoms with Crippen LogP contribution in [0.1, 0.15) is 69.4 Å². The monoisotopic (exact) mass is 601 g/mol. The molecule has 0 spiro atoms. The molecule has 0 saturated carbocycles. The van der Waals surface area contributed by atoms with Crippen LogP contribution in [0, 0.1) is 5.41 Å². The number of hydrogen-bond donors (Lipinski definition) is 0. The third-order valence-electron chi connectivity index (χ3n) is 7.91. The summed E-state index contributed by atoms with van der Waals surface area (Å²) in [6.07, 6.45) is 2.03. The number of benzene rings is 4. The normalized spacial score (nSPS) is 13.4. The van der Waals surface area contributed by atoms with Crippen LogP contribution in [0.5, 0.6) is 0 Å². The summed E-state index contributed by atoms with van der Waals surface area (Å²) >= 11 is 1.99. The van der Waals surface area contributed by atoms with E-state index < -0.39 is 0 Å². The minimum atomic E-state index is 0.438. The lowest BCUT2D eigenvalue weighted by molar-refractivity contribution is 0.307. The zero-order chi connectivity index (χ0) is 31.7. The highest BCUT2D eigenvalue weighted by Gasteiger charge is 2.22. The van der Waals surface area contributed by atoms with Crippen LogP contribution in [-0.4, -0.2) is 30.3 Å². The maximum absolute atomic E-state index is 4.20. The SMILES string of the molecule is C=C(C)C(CSCc1ccc(-c2ccc(C3=C(Cc4ccccc4)Cc4ccccc43)cc2)cc1)N(C)CC.CC(C)(C)C. The van der Waals surface area contributed by atoms with Gasteiger partial charge in [-0.1, -0.05) is 155 Å². The summed E-state index contributed by atoms with van der Waals surface area (Å²) in [6, 6.07) is 38.5. The van der Waals surface area contributed by atoms with Gasteiger partial charge in [0.25, 0.3) is 0 Å². The second-order valence-electron chi connectivity index (χ2n) is 13.7. The zero-order valence-corrected chi connectivity index (χ0v) is 28.8. The molecule has 0 aromatic heterocycles. The molecule has 230 valence electrons. The second-order valence-corrected chi connectivity index (χ2v) is 14.7. The smallest absolute Gasteiger partial charge is 0.0389 e. The summed E-state index contributed by atoms with van der Waals surface area (Å²) in [4.78, 5) is 2.38. The fourth-order valence-electron chi connectivity index (χ4n) is 5.56. The molecule has 0 bridgehead atoms. The Labute approximate surface area is 272 Å². The lowest BCUT2D eigenvalue weighted by atomic mass is 9.93. The van der Waals surface area contributed by atoms with E-state index in [4.69, 9.17) is 0 Å². The Morgan fingerprint density at radius 3 is 1.91 bits per heavy atom. The molecule has 1 atom stereocenters. The van der Waals surface area contributed by atoms with Gasteiger partial charge in [0, 0.05) is 17.5 Å². The summed E-state index contributed by atoms with van der Waals surface area (Å²) in [5.74, 6) is 2.10. The molecular formula is C42H51NS. The summed E-state index contributed by atoms with van der Waals surface area (Å²) in [5, 5.41) is 0. The Morgan fingerprint density at radius 2 is 1.32 bits per heavy atom. The van der Waals surface area contributed by atoms with Crippen LogP contribution in [0.2, 0.25) is 0 Å². The zero-order valence-electron chi connectivity index (χ0n) is 28.0. The number of rotatable bonds is 11. The molecule has 2 heteroatoms. The van der Waals surface area contributed by atoms with Gasteiger partial charge in [0.05, 0.1) is 0 Å². The van der Waals surface area contributed by atoms with Crippen LogP contribution in [-0.2, 0) is 18.6 Å². The molecule has 44 heavy (non-hydrogen) atoms. The Balaban J connectivity index is 0.000000818. The predicted molar refractivity (Wildman–Crippen MR) is 196 cm³/mol. The molecule has 0 radical (unpaired) electrons. The van der Waals surface area contributed by atoms with Gasteiger partial charge >= 0.3 is 0 Å². The Morgan fingerprint density at radius 1 is 0.773 bits per heavy atom. The van der Waals surface area contributed by atoms with E-state index in [0.29, 0.717) is 11.5 Å². The number of thioether (sulfide) groups is 1. The maximum Gasteiger partial charge on any atom is 0.0389 e. The van der Waals surface area contributed by atoms with Crippen molar-refractivity contribution < 1.29 is 0 Å². The molecule has 0 amide bonds. The standard InChI is InChI=1S/C37H39NS.C5H12/c1-5-38(4)36(27(2)3)26-39-25-29-15-17-30(18-16-29)31-19-21-32(22-20-31)37-34(23-28-11-7-6-8-12-28)24-33-13-9-10-14-35(33)37;1-5(2,3)4/h6-22,36H,2,5,23-26H2,1,3-4H3;1-4H3. The van der Waals surface area contributed by atoms with Crippen molar-refractivity contribution in [2.75, 3.05) is 19.3 Å². The van der Waals surface area contributed by atoms with Crippen molar-refractivity contribution in [2.24, 2.45) is 5.41 Å². The highest BCUT2D eigenvalue weighted by atomic mass is 32.2. The van der Waals surface area contributed by atoms with Crippen molar-refractivity contribution in [1.29, 1.82) is 0 Å². The van der Waals surface area contributed by atoms with Crippen LogP contribution in [0.15, 0.2) is 121 Å². The Hall–Kier alpha value is -3.33. The highest BCUT2D eigenvalue weighted by molar-refractivity contribution is 7.98. The highest BCUT2D eigenvalue weighted by Crippen LogP contribution is 2.39. The lowest BCUT2D eigenvalue weighted by Gasteiger charge is -2.27. The number of allylic oxidation sites excluding steroid dienone is 1. The van der Waals surface area contributed by atoms with Gasteiger partial charge in [-0.2, -0.15) is 11.8 Å². The van der Waals surface area contributed by atoms with Crippen molar-refractivity contribution in [2.45, 2.75) is 66.2 Å². The van der Waals surface area contributed by atoms with E-state index >= 15 is 0 Å². The van der Waals surface area contributed by atoms with Crippen molar-refractivity contribution in [3.8, 4) is 11.1 Å². The minimum Gasteiger partial charge on any atom is -0.299 e. The Kier molecular flexibility index (Phi) is 11.9. The molecule has 1 nitrogen and oxygen atoms in total. The summed E-state index contributed by atoms with van der Waals surface area (Å²) in [7, 11) is 2.19. The molecule has 1 unspecified atom stereocenters. The molecule has 0 N–H and O–H groups in total. The first kappa shape index (κ1) is 33.6. The lowest BCUT2D eigenvalue weighted by Crippen LogP contribution is -2.34. The van der Waals surface area contributed by atoms with E-state index in [0.717, 1.165) is 30.9 Å². The third kappa shape index (κ3) is 9.58. The average Bonchev–Trinajstić information content (AvgIpc) is 3.36. The van der Waals surface area contributed by atoms with Crippen LogP contribution in [0.25, 0.3) is 16.7 Å². The topological polar surface area (TPSA) is 3.24 Å². The summed E-state index contributed by atoms with van der Waals surface area (Å²) in [5.41, 5.74) is 14.1. The largest absolute Gasteiger partial charge is 0.299 e. The second kappa shape index (κ2) is 15.6. The van der Waals surface area contributed by atoms with Gasteiger partial charge in [-0.05, 0) is 83.3 Å². The molecule has 4 aromatic carbocycles. The van der Waals surface area contributed by atoms with Crippen molar-refractivity contribution in [1.82, 2.24) is 4.90 Å². The molecule has 0 fully saturated rings. The number of nitrogens with zero attached hydrogens (tertiary/aromatic N) is 1. The Bertz CT molecular complexity index is 1520. The van der Waals surface area contributed by atoms with E-state index in [1.54, 1.807) is 0 Å². The van der Waals surface area contributed by atoms with Gasteiger partial charge in [-0.3, -0.25) is 4.90 Å². The average molecular weight is 602 g/mol. The first-order valence-electron chi connectivity index (χ1n) is 16.0. The van der Waals surface area contributed by atoms with Crippen LogP contribution in [0.3, 0.4) is 0 Å². The number of likely N-dealkylation sites (N-methyl/N-ethyl adjacent to an activating group) is 1. The van der Waals surface area contributed by atoms with Crippen LogP contribution in [0.4, 0.5) is 0 Å². The van der Waals surface area contributed by atoms with Crippen molar-refractivity contribution >= 4 is 17.3 Å². The fraction of sp³-hybridized carbons (Fsp3) is 0.333. The van der Waals surface area contributed by atoms with Gasteiger partial charge in [0.15, 0.2) is 0 Å². The van der Waals surface area contributed by atoms with Crippen LogP contribution >= 0.6 is 11.8 Å². The van der Waals surface area contributed by atoms with E-state index in [1.165, 1.54) is 55.7 Å². The van der Waals surface area contributed by atoms with Crippen molar-refractivity contribution in [3.63, 3.8) is 0 Å².